The van der Waals surface area contributed by atoms with Gasteiger partial charge in [-0.25, -0.2) is 0 Å². The number of pyridine rings is 2. The molecule has 0 saturated heterocycles. The Morgan fingerprint density at radius 2 is 1.42 bits per heavy atom. The summed E-state index contributed by atoms with van der Waals surface area (Å²) in [6, 6.07) is 14.4. The van der Waals surface area contributed by atoms with Crippen LogP contribution in [0.5, 0.6) is 0 Å². The minimum atomic E-state index is 1.06. The van der Waals surface area contributed by atoms with Crippen molar-refractivity contribution in [2.45, 2.75) is 0 Å². The van der Waals surface area contributed by atoms with Gasteiger partial charge in [0, 0.05) is 34.8 Å². The van der Waals surface area contributed by atoms with Crippen molar-refractivity contribution in [2.24, 2.45) is 0 Å². The van der Waals surface area contributed by atoms with Gasteiger partial charge in [0.25, 0.3) is 0 Å². The van der Waals surface area contributed by atoms with E-state index in [1.807, 2.05) is 24.4 Å². The van der Waals surface area contributed by atoms with Gasteiger partial charge in [0.15, 0.2) is 0 Å². The van der Waals surface area contributed by atoms with Crippen molar-refractivity contribution >= 4 is 15.9 Å². The Hall–Kier alpha value is -2.00. The highest BCUT2D eigenvalue weighted by molar-refractivity contribution is 9.10. The van der Waals surface area contributed by atoms with Gasteiger partial charge in [0.2, 0.25) is 0 Å². The molecule has 0 saturated carbocycles. The van der Waals surface area contributed by atoms with Crippen molar-refractivity contribution < 1.29 is 0 Å². The third-order valence-corrected chi connectivity index (χ3v) is 3.36. The van der Waals surface area contributed by atoms with E-state index in [4.69, 9.17) is 0 Å². The van der Waals surface area contributed by atoms with Gasteiger partial charge in [0.1, 0.15) is 0 Å². The zero-order valence-corrected chi connectivity index (χ0v) is 11.7. The molecular weight excluding hydrogens is 300 g/mol. The lowest BCUT2D eigenvalue weighted by atomic mass is 10.0. The highest BCUT2D eigenvalue weighted by Crippen LogP contribution is 2.29. The minimum Gasteiger partial charge on any atom is -0.265 e. The monoisotopic (exact) mass is 310 g/mol. The maximum absolute atomic E-state index is 4.17. The maximum atomic E-state index is 4.17. The lowest BCUT2D eigenvalue weighted by Crippen LogP contribution is -1.83. The molecule has 2 aromatic heterocycles. The number of halogens is 1. The zero-order chi connectivity index (χ0) is 13.1. The number of rotatable bonds is 2. The van der Waals surface area contributed by atoms with Crippen molar-refractivity contribution in [3.8, 4) is 22.3 Å². The van der Waals surface area contributed by atoms with E-state index in [0.717, 1.165) is 26.7 Å². The van der Waals surface area contributed by atoms with Crippen molar-refractivity contribution in [2.75, 3.05) is 0 Å². The standard InChI is InChI=1S/C16H11BrN2/c17-16-9-14(12-3-6-18-7-4-12)8-15(10-16)13-2-1-5-19-11-13/h1-11H. The summed E-state index contributed by atoms with van der Waals surface area (Å²) in [5, 5.41) is 0. The largest absolute Gasteiger partial charge is 0.265 e. The Morgan fingerprint density at radius 1 is 0.684 bits per heavy atom. The van der Waals surface area contributed by atoms with E-state index in [0.29, 0.717) is 0 Å². The van der Waals surface area contributed by atoms with Crippen LogP contribution in [0.15, 0.2) is 71.7 Å². The third kappa shape index (κ3) is 2.71. The quantitative estimate of drug-likeness (QED) is 0.692. The second kappa shape index (κ2) is 5.33. The number of hydrogen-bond acceptors (Lipinski definition) is 2. The van der Waals surface area contributed by atoms with Gasteiger partial charge < -0.3 is 0 Å². The summed E-state index contributed by atoms with van der Waals surface area (Å²) in [7, 11) is 0. The van der Waals surface area contributed by atoms with Crippen LogP contribution in [0.2, 0.25) is 0 Å². The Kier molecular flexibility index (Phi) is 3.38. The Labute approximate surface area is 120 Å². The van der Waals surface area contributed by atoms with E-state index in [2.05, 4.69) is 50.2 Å². The fourth-order valence-corrected chi connectivity index (χ4v) is 2.49. The van der Waals surface area contributed by atoms with Crippen LogP contribution in [0.1, 0.15) is 0 Å². The summed E-state index contributed by atoms with van der Waals surface area (Å²) >= 11 is 3.57. The summed E-state index contributed by atoms with van der Waals surface area (Å²) in [5.41, 5.74) is 4.57. The molecule has 0 bridgehead atoms. The van der Waals surface area contributed by atoms with Crippen molar-refractivity contribution in [1.29, 1.82) is 0 Å². The van der Waals surface area contributed by atoms with Gasteiger partial charge in [-0.15, -0.1) is 0 Å². The Morgan fingerprint density at radius 3 is 2.11 bits per heavy atom. The van der Waals surface area contributed by atoms with Crippen molar-refractivity contribution in [3.63, 3.8) is 0 Å². The molecular formula is C16H11BrN2. The summed E-state index contributed by atoms with van der Waals surface area (Å²) in [4.78, 5) is 8.22. The molecule has 3 rings (SSSR count). The molecule has 92 valence electrons. The molecule has 0 aliphatic carbocycles. The van der Waals surface area contributed by atoms with Crippen LogP contribution in [0, 0.1) is 0 Å². The summed E-state index contributed by atoms with van der Waals surface area (Å²) in [6.07, 6.45) is 7.27. The molecule has 2 nitrogen and oxygen atoms in total. The maximum Gasteiger partial charge on any atom is 0.0346 e. The van der Waals surface area contributed by atoms with Gasteiger partial charge >= 0.3 is 0 Å². The van der Waals surface area contributed by atoms with E-state index in [9.17, 15) is 0 Å². The van der Waals surface area contributed by atoms with Crippen LogP contribution >= 0.6 is 15.9 Å². The van der Waals surface area contributed by atoms with Crippen LogP contribution in [0.4, 0.5) is 0 Å². The molecule has 1 aromatic carbocycles. The molecule has 0 fully saturated rings. The number of aromatic nitrogens is 2. The number of nitrogens with zero attached hydrogens (tertiary/aromatic N) is 2. The fourth-order valence-electron chi connectivity index (χ4n) is 2.00. The molecule has 0 N–H and O–H groups in total. The van der Waals surface area contributed by atoms with Crippen LogP contribution in [0.3, 0.4) is 0 Å². The summed E-state index contributed by atoms with van der Waals surface area (Å²) in [6.45, 7) is 0. The molecule has 0 aliphatic rings. The average Bonchev–Trinajstić information content (AvgIpc) is 2.48. The average molecular weight is 311 g/mol. The van der Waals surface area contributed by atoms with E-state index in [-0.39, 0.29) is 0 Å². The molecule has 19 heavy (non-hydrogen) atoms. The molecule has 3 heteroatoms. The van der Waals surface area contributed by atoms with Gasteiger partial charge in [-0.1, -0.05) is 22.0 Å². The fraction of sp³-hybridized carbons (Fsp3) is 0. The lowest BCUT2D eigenvalue weighted by Gasteiger charge is -2.07. The Bertz CT molecular complexity index is 624. The first-order valence-electron chi connectivity index (χ1n) is 5.94. The molecule has 3 aromatic rings. The molecule has 2 heterocycles. The third-order valence-electron chi connectivity index (χ3n) is 2.91. The molecule has 0 unspecified atom stereocenters. The van der Waals surface area contributed by atoms with E-state index in [1.54, 1.807) is 18.6 Å². The van der Waals surface area contributed by atoms with Gasteiger partial charge in [-0.05, 0) is 53.1 Å². The van der Waals surface area contributed by atoms with Crippen molar-refractivity contribution in [1.82, 2.24) is 9.97 Å². The predicted octanol–water partition coefficient (Wildman–Crippen LogP) is 4.57. The molecule has 0 radical (unpaired) electrons. The van der Waals surface area contributed by atoms with Crippen molar-refractivity contribution in [3.05, 3.63) is 71.7 Å². The number of benzene rings is 1. The van der Waals surface area contributed by atoms with E-state index >= 15 is 0 Å². The van der Waals surface area contributed by atoms with Crippen LogP contribution in [0.25, 0.3) is 22.3 Å². The van der Waals surface area contributed by atoms with Crippen LogP contribution < -0.4 is 0 Å². The molecule has 0 spiro atoms. The van der Waals surface area contributed by atoms with Crippen LogP contribution in [-0.2, 0) is 0 Å². The molecule has 0 aliphatic heterocycles. The summed E-state index contributed by atoms with van der Waals surface area (Å²) < 4.78 is 1.06. The minimum absolute atomic E-state index is 1.06. The molecule has 0 atom stereocenters. The highest BCUT2D eigenvalue weighted by Gasteiger charge is 2.04. The normalized spacial score (nSPS) is 10.4. The predicted molar refractivity (Wildman–Crippen MR) is 80.6 cm³/mol. The molecule has 0 amide bonds. The van der Waals surface area contributed by atoms with Gasteiger partial charge in [0.05, 0.1) is 0 Å². The first kappa shape index (κ1) is 12.1. The van der Waals surface area contributed by atoms with E-state index < -0.39 is 0 Å². The smallest absolute Gasteiger partial charge is 0.0346 e. The van der Waals surface area contributed by atoms with E-state index in [1.165, 1.54) is 0 Å². The first-order valence-corrected chi connectivity index (χ1v) is 6.73. The first-order chi connectivity index (χ1) is 9.33. The van der Waals surface area contributed by atoms with Gasteiger partial charge in [-0.3, -0.25) is 9.97 Å². The van der Waals surface area contributed by atoms with Gasteiger partial charge in [-0.2, -0.15) is 0 Å². The Balaban J connectivity index is 2.12. The second-order valence-electron chi connectivity index (χ2n) is 4.21. The topological polar surface area (TPSA) is 25.8 Å². The second-order valence-corrected chi connectivity index (χ2v) is 5.12. The number of hydrogen-bond donors (Lipinski definition) is 0. The highest BCUT2D eigenvalue weighted by atomic mass is 79.9. The SMILES string of the molecule is Brc1cc(-c2ccncc2)cc(-c2cccnc2)c1. The zero-order valence-electron chi connectivity index (χ0n) is 10.1. The summed E-state index contributed by atoms with van der Waals surface area (Å²) in [5.74, 6) is 0. The van der Waals surface area contributed by atoms with Crippen LogP contribution in [-0.4, -0.2) is 9.97 Å². The lowest BCUT2D eigenvalue weighted by molar-refractivity contribution is 1.32.